The van der Waals surface area contributed by atoms with Gasteiger partial charge < -0.3 is 9.47 Å². The summed E-state index contributed by atoms with van der Waals surface area (Å²) in [4.78, 5) is 15.2. The second kappa shape index (κ2) is 7.93. The number of ether oxygens (including phenoxy) is 2. The lowest BCUT2D eigenvalue weighted by molar-refractivity contribution is -0.123. The first kappa shape index (κ1) is 18.5. The maximum absolute atomic E-state index is 13.0. The molecule has 1 amide bonds. The zero-order chi connectivity index (χ0) is 18.7. The van der Waals surface area contributed by atoms with Crippen LogP contribution in [-0.4, -0.2) is 29.3 Å². The van der Waals surface area contributed by atoms with Crippen molar-refractivity contribution in [3.63, 3.8) is 0 Å². The molecule has 0 bridgehead atoms. The molecule has 0 radical (unpaired) electrons. The largest absolute Gasteiger partial charge is 0.493 e. The van der Waals surface area contributed by atoms with Crippen LogP contribution in [-0.2, 0) is 4.79 Å². The molecule has 3 rings (SSSR count). The van der Waals surface area contributed by atoms with Gasteiger partial charge in [0.2, 0.25) is 0 Å². The smallest absolute Gasteiger partial charge is 0.266 e. The van der Waals surface area contributed by atoms with Crippen LogP contribution >= 0.6 is 24.0 Å². The Hall–Kier alpha value is -2.31. The van der Waals surface area contributed by atoms with Crippen LogP contribution in [0.15, 0.2) is 53.4 Å². The van der Waals surface area contributed by atoms with Gasteiger partial charge in [-0.2, -0.15) is 0 Å². The summed E-state index contributed by atoms with van der Waals surface area (Å²) < 4.78 is 11.3. The van der Waals surface area contributed by atoms with Gasteiger partial charge in [-0.25, -0.2) is 0 Å². The average molecular weight is 386 g/mol. The van der Waals surface area contributed by atoms with Crippen LogP contribution in [0.3, 0.4) is 0 Å². The lowest BCUT2D eigenvalue weighted by atomic mass is 10.1. The molecule has 0 saturated carbocycles. The Labute approximate surface area is 162 Å². The molecule has 1 aliphatic heterocycles. The Morgan fingerprint density at radius 2 is 1.81 bits per heavy atom. The van der Waals surface area contributed by atoms with E-state index in [0.717, 1.165) is 11.1 Å². The van der Waals surface area contributed by atoms with Crippen molar-refractivity contribution < 1.29 is 14.3 Å². The number of nitrogens with zero attached hydrogens (tertiary/aromatic N) is 1. The number of para-hydroxylation sites is 1. The minimum atomic E-state index is -0.123. The number of rotatable bonds is 5. The van der Waals surface area contributed by atoms with Gasteiger partial charge in [0.1, 0.15) is 4.32 Å². The SMILES string of the molecule is COc1cccc(/C=C2/SC(=S)N([C@H](C)c3ccccc3)C2=O)c1OC. The molecular weight excluding hydrogens is 366 g/mol. The quantitative estimate of drug-likeness (QED) is 0.553. The third-order valence-corrected chi connectivity index (χ3v) is 5.54. The normalized spacial score (nSPS) is 16.9. The summed E-state index contributed by atoms with van der Waals surface area (Å²) in [6.07, 6.45) is 1.80. The molecule has 0 aliphatic carbocycles. The van der Waals surface area contributed by atoms with E-state index in [4.69, 9.17) is 21.7 Å². The fraction of sp³-hybridized carbons (Fsp3) is 0.200. The summed E-state index contributed by atoms with van der Waals surface area (Å²) in [5.74, 6) is 1.12. The molecule has 4 nitrogen and oxygen atoms in total. The highest BCUT2D eigenvalue weighted by molar-refractivity contribution is 8.26. The van der Waals surface area contributed by atoms with Crippen LogP contribution < -0.4 is 9.47 Å². The molecule has 1 atom stereocenters. The van der Waals surface area contributed by atoms with E-state index in [1.807, 2.05) is 55.5 Å². The third kappa shape index (κ3) is 3.48. The fourth-order valence-corrected chi connectivity index (χ4v) is 4.27. The van der Waals surface area contributed by atoms with Crippen LogP contribution in [0.2, 0.25) is 0 Å². The molecule has 2 aromatic carbocycles. The van der Waals surface area contributed by atoms with E-state index in [-0.39, 0.29) is 11.9 Å². The zero-order valence-electron chi connectivity index (χ0n) is 14.8. The average Bonchev–Trinajstić information content (AvgIpc) is 2.94. The molecule has 2 aromatic rings. The first-order chi connectivity index (χ1) is 12.6. The lowest BCUT2D eigenvalue weighted by Crippen LogP contribution is -2.30. The van der Waals surface area contributed by atoms with Crippen LogP contribution in [0.5, 0.6) is 11.5 Å². The summed E-state index contributed by atoms with van der Waals surface area (Å²) in [5.41, 5.74) is 1.82. The van der Waals surface area contributed by atoms with E-state index < -0.39 is 0 Å². The Bertz CT molecular complexity index is 865. The molecule has 6 heteroatoms. The van der Waals surface area contributed by atoms with Gasteiger partial charge in [-0.1, -0.05) is 66.4 Å². The van der Waals surface area contributed by atoms with Crippen molar-refractivity contribution in [1.82, 2.24) is 4.90 Å². The summed E-state index contributed by atoms with van der Waals surface area (Å²) in [5, 5.41) is 0. The molecular formula is C20H19NO3S2. The zero-order valence-corrected chi connectivity index (χ0v) is 16.4. The summed E-state index contributed by atoms with van der Waals surface area (Å²) in [7, 11) is 3.17. The highest BCUT2D eigenvalue weighted by Gasteiger charge is 2.36. The first-order valence-electron chi connectivity index (χ1n) is 8.09. The molecule has 0 aromatic heterocycles. The van der Waals surface area contributed by atoms with Gasteiger partial charge in [0, 0.05) is 5.56 Å². The molecule has 26 heavy (non-hydrogen) atoms. The maximum atomic E-state index is 13.0. The van der Waals surface area contributed by atoms with Crippen LogP contribution in [0.1, 0.15) is 24.1 Å². The molecule has 1 fully saturated rings. The number of amides is 1. The molecule has 0 spiro atoms. The van der Waals surface area contributed by atoms with E-state index in [9.17, 15) is 4.79 Å². The second-order valence-electron chi connectivity index (χ2n) is 5.72. The number of thiocarbonyl (C=S) groups is 1. The second-order valence-corrected chi connectivity index (χ2v) is 7.40. The number of carbonyl (C=O) groups is 1. The van der Waals surface area contributed by atoms with Crippen molar-refractivity contribution in [3.8, 4) is 11.5 Å². The predicted molar refractivity (Wildman–Crippen MR) is 109 cm³/mol. The maximum Gasteiger partial charge on any atom is 0.266 e. The van der Waals surface area contributed by atoms with E-state index in [2.05, 4.69) is 0 Å². The summed E-state index contributed by atoms with van der Waals surface area (Å²) in [6, 6.07) is 15.3. The Kier molecular flexibility index (Phi) is 5.64. The van der Waals surface area contributed by atoms with Crippen molar-refractivity contribution >= 4 is 40.3 Å². The Morgan fingerprint density at radius 3 is 2.46 bits per heavy atom. The van der Waals surface area contributed by atoms with Crippen molar-refractivity contribution in [2.45, 2.75) is 13.0 Å². The van der Waals surface area contributed by atoms with Gasteiger partial charge >= 0.3 is 0 Å². The molecule has 1 aliphatic rings. The van der Waals surface area contributed by atoms with Gasteiger partial charge in [0.15, 0.2) is 11.5 Å². The van der Waals surface area contributed by atoms with Gasteiger partial charge in [-0.3, -0.25) is 9.69 Å². The van der Waals surface area contributed by atoms with Gasteiger partial charge in [0.25, 0.3) is 5.91 Å². The summed E-state index contributed by atoms with van der Waals surface area (Å²) >= 11 is 6.77. The number of carbonyl (C=O) groups excluding carboxylic acids is 1. The molecule has 0 N–H and O–H groups in total. The van der Waals surface area contributed by atoms with Crippen LogP contribution in [0.4, 0.5) is 0 Å². The monoisotopic (exact) mass is 385 g/mol. The van der Waals surface area contributed by atoms with Crippen molar-refractivity contribution in [2.24, 2.45) is 0 Å². The number of methoxy groups -OCH3 is 2. The summed E-state index contributed by atoms with van der Waals surface area (Å²) in [6.45, 7) is 1.98. The van der Waals surface area contributed by atoms with Gasteiger partial charge in [-0.15, -0.1) is 0 Å². The molecule has 1 heterocycles. The molecule has 0 unspecified atom stereocenters. The van der Waals surface area contributed by atoms with E-state index >= 15 is 0 Å². The highest BCUT2D eigenvalue weighted by Crippen LogP contribution is 2.40. The van der Waals surface area contributed by atoms with Gasteiger partial charge in [0.05, 0.1) is 25.2 Å². The Balaban J connectivity index is 1.93. The van der Waals surface area contributed by atoms with E-state index in [1.165, 1.54) is 11.8 Å². The van der Waals surface area contributed by atoms with Gasteiger partial charge in [-0.05, 0) is 24.6 Å². The minimum Gasteiger partial charge on any atom is -0.493 e. The highest BCUT2D eigenvalue weighted by atomic mass is 32.2. The number of benzene rings is 2. The number of thioether (sulfide) groups is 1. The van der Waals surface area contributed by atoms with E-state index in [1.54, 1.807) is 25.2 Å². The Morgan fingerprint density at radius 1 is 1.08 bits per heavy atom. The van der Waals surface area contributed by atoms with E-state index in [0.29, 0.717) is 20.7 Å². The molecule has 134 valence electrons. The minimum absolute atomic E-state index is 0.0961. The van der Waals surface area contributed by atoms with Crippen LogP contribution in [0, 0.1) is 0 Å². The van der Waals surface area contributed by atoms with Crippen LogP contribution in [0.25, 0.3) is 6.08 Å². The number of hydrogen-bond acceptors (Lipinski definition) is 5. The van der Waals surface area contributed by atoms with Crippen molar-refractivity contribution in [3.05, 3.63) is 64.6 Å². The molecule has 1 saturated heterocycles. The fourth-order valence-electron chi connectivity index (χ4n) is 2.86. The topological polar surface area (TPSA) is 38.8 Å². The standard InChI is InChI=1S/C20H19NO3S2/c1-13(14-8-5-4-6-9-14)21-19(22)17(26-20(21)25)12-15-10-7-11-16(23-2)18(15)24-3/h4-13H,1-3H3/b17-12+/t13-/m1/s1. The van der Waals surface area contributed by atoms with Crippen molar-refractivity contribution in [2.75, 3.05) is 14.2 Å². The predicted octanol–water partition coefficient (Wildman–Crippen LogP) is 4.67. The van der Waals surface area contributed by atoms with Crippen molar-refractivity contribution in [1.29, 1.82) is 0 Å². The number of hydrogen-bond donors (Lipinski definition) is 0. The lowest BCUT2D eigenvalue weighted by Gasteiger charge is -2.23. The first-order valence-corrected chi connectivity index (χ1v) is 9.32. The third-order valence-electron chi connectivity index (χ3n) is 4.21.